The van der Waals surface area contributed by atoms with Crippen molar-refractivity contribution in [2.75, 3.05) is 0 Å². The van der Waals surface area contributed by atoms with Crippen LogP contribution in [0.3, 0.4) is 0 Å². The average Bonchev–Trinajstić information content (AvgIpc) is 2.67. The molecule has 1 aromatic heterocycles. The van der Waals surface area contributed by atoms with Gasteiger partial charge >= 0.3 is 17.3 Å². The molecule has 0 aliphatic rings. The second-order valence-corrected chi connectivity index (χ2v) is 3.58. The maximum Gasteiger partial charge on any atom is 0.349 e. The molecule has 0 unspecified atom stereocenters. The predicted molar refractivity (Wildman–Crippen MR) is 63.6 cm³/mol. The van der Waals surface area contributed by atoms with Gasteiger partial charge in [0.25, 0.3) is 0 Å². The summed E-state index contributed by atoms with van der Waals surface area (Å²) >= 11 is 0. The lowest BCUT2D eigenvalue weighted by molar-refractivity contribution is -0.131. The van der Waals surface area contributed by atoms with Gasteiger partial charge in [0, 0.05) is 6.08 Å². The fourth-order valence-corrected chi connectivity index (χ4v) is 1.51. The Morgan fingerprint density at radius 2 is 1.89 bits per heavy atom. The van der Waals surface area contributed by atoms with Gasteiger partial charge in [0.15, 0.2) is 0 Å². The number of H-pyrrole nitrogens is 2. The number of carboxylic acid groups (broad SMARTS) is 1. The molecule has 0 amide bonds. The molecule has 0 atom stereocenters. The normalized spacial score (nSPS) is 11.0. The van der Waals surface area contributed by atoms with Crippen molar-refractivity contribution in [2.24, 2.45) is 0 Å². The molecular formula is C11H8FN3O4. The minimum Gasteiger partial charge on any atom is -0.478 e. The second kappa shape index (κ2) is 4.77. The van der Waals surface area contributed by atoms with E-state index in [0.29, 0.717) is 10.1 Å². The minimum absolute atomic E-state index is 0.222. The number of carbonyl (C=O) groups is 1. The van der Waals surface area contributed by atoms with Gasteiger partial charge in [-0.05, 0) is 23.8 Å². The van der Waals surface area contributed by atoms with Crippen molar-refractivity contribution >= 4 is 12.0 Å². The first-order valence-corrected chi connectivity index (χ1v) is 5.09. The molecule has 0 bridgehead atoms. The molecule has 0 aliphatic carbocycles. The summed E-state index contributed by atoms with van der Waals surface area (Å²) in [6.45, 7) is 0. The molecule has 0 fully saturated rings. The molecule has 7 nitrogen and oxygen atoms in total. The summed E-state index contributed by atoms with van der Waals surface area (Å²) in [5.41, 5.74) is -1.51. The Morgan fingerprint density at radius 1 is 1.26 bits per heavy atom. The average molecular weight is 265 g/mol. The Balaban J connectivity index is 2.49. The zero-order valence-electron chi connectivity index (χ0n) is 9.38. The maximum absolute atomic E-state index is 13.8. The highest BCUT2D eigenvalue weighted by molar-refractivity contribution is 5.85. The molecular weight excluding hydrogens is 257 g/mol. The van der Waals surface area contributed by atoms with Gasteiger partial charge in [0.05, 0.1) is 5.69 Å². The van der Waals surface area contributed by atoms with Gasteiger partial charge < -0.3 is 5.11 Å². The summed E-state index contributed by atoms with van der Waals surface area (Å²) in [6.07, 6.45) is 2.04. The lowest BCUT2D eigenvalue weighted by Gasteiger charge is -2.02. The minimum atomic E-state index is -1.16. The van der Waals surface area contributed by atoms with E-state index in [1.54, 1.807) is 0 Å². The lowest BCUT2D eigenvalue weighted by Crippen LogP contribution is -2.25. The molecule has 98 valence electrons. The van der Waals surface area contributed by atoms with Crippen LogP contribution in [0.25, 0.3) is 11.8 Å². The van der Waals surface area contributed by atoms with Crippen molar-refractivity contribution in [3.8, 4) is 5.69 Å². The van der Waals surface area contributed by atoms with Crippen molar-refractivity contribution in [1.82, 2.24) is 14.8 Å². The van der Waals surface area contributed by atoms with E-state index in [2.05, 4.69) is 0 Å². The number of carboxylic acids is 1. The fourth-order valence-electron chi connectivity index (χ4n) is 1.51. The topological polar surface area (TPSA) is 108 Å². The zero-order chi connectivity index (χ0) is 14.0. The van der Waals surface area contributed by atoms with Crippen LogP contribution in [0, 0.1) is 5.82 Å². The highest BCUT2D eigenvalue weighted by atomic mass is 19.1. The predicted octanol–water partition coefficient (Wildman–Crippen LogP) is 0.0908. The monoisotopic (exact) mass is 265 g/mol. The smallest absolute Gasteiger partial charge is 0.349 e. The molecule has 1 aromatic carbocycles. The van der Waals surface area contributed by atoms with Crippen LogP contribution in [-0.4, -0.2) is 25.8 Å². The van der Waals surface area contributed by atoms with Crippen molar-refractivity contribution in [3.63, 3.8) is 0 Å². The number of aliphatic carboxylic acids is 1. The van der Waals surface area contributed by atoms with E-state index >= 15 is 0 Å². The number of nitrogens with zero attached hydrogens (tertiary/aromatic N) is 1. The number of nitrogens with one attached hydrogen (secondary N) is 2. The van der Waals surface area contributed by atoms with E-state index in [1.165, 1.54) is 18.2 Å². The van der Waals surface area contributed by atoms with Crippen LogP contribution in [0.2, 0.25) is 0 Å². The Hall–Kier alpha value is -2.90. The van der Waals surface area contributed by atoms with Gasteiger partial charge in [0.1, 0.15) is 5.82 Å². The number of aromatic amines is 2. The maximum atomic E-state index is 13.8. The van der Waals surface area contributed by atoms with Gasteiger partial charge in [-0.1, -0.05) is 6.07 Å². The lowest BCUT2D eigenvalue weighted by atomic mass is 10.2. The molecule has 0 saturated heterocycles. The summed E-state index contributed by atoms with van der Waals surface area (Å²) in [5.74, 6) is -1.98. The van der Waals surface area contributed by atoms with E-state index in [0.717, 1.165) is 12.1 Å². The summed E-state index contributed by atoms with van der Waals surface area (Å²) in [5, 5.41) is 12.5. The van der Waals surface area contributed by atoms with E-state index in [-0.39, 0.29) is 5.69 Å². The summed E-state index contributed by atoms with van der Waals surface area (Å²) < 4.78 is 14.4. The third kappa shape index (κ3) is 2.51. The number of aromatic nitrogens is 3. The van der Waals surface area contributed by atoms with Crippen LogP contribution < -0.4 is 11.4 Å². The first-order valence-electron chi connectivity index (χ1n) is 5.09. The van der Waals surface area contributed by atoms with Gasteiger partial charge in [0.2, 0.25) is 0 Å². The Labute approximate surface area is 104 Å². The Kier molecular flexibility index (Phi) is 3.15. The van der Waals surface area contributed by atoms with Crippen LogP contribution in [0.5, 0.6) is 0 Å². The van der Waals surface area contributed by atoms with E-state index in [1.807, 2.05) is 10.2 Å². The quantitative estimate of drug-likeness (QED) is 0.683. The molecule has 2 rings (SSSR count). The van der Waals surface area contributed by atoms with Crippen LogP contribution in [0.1, 0.15) is 5.56 Å². The molecule has 3 N–H and O–H groups in total. The van der Waals surface area contributed by atoms with Crippen molar-refractivity contribution < 1.29 is 14.3 Å². The molecule has 0 saturated carbocycles. The van der Waals surface area contributed by atoms with E-state index < -0.39 is 23.2 Å². The molecule has 2 aromatic rings. The fraction of sp³-hybridized carbons (Fsp3) is 0. The van der Waals surface area contributed by atoms with Gasteiger partial charge in [-0.15, -0.1) is 0 Å². The number of hydrogen-bond donors (Lipinski definition) is 3. The third-order valence-corrected chi connectivity index (χ3v) is 2.31. The Bertz CT molecular complexity index is 741. The van der Waals surface area contributed by atoms with E-state index in [4.69, 9.17) is 5.11 Å². The summed E-state index contributed by atoms with van der Waals surface area (Å²) in [6, 6.07) is 3.62. The zero-order valence-corrected chi connectivity index (χ0v) is 9.38. The third-order valence-electron chi connectivity index (χ3n) is 2.31. The highest BCUT2D eigenvalue weighted by Crippen LogP contribution is 2.13. The molecule has 19 heavy (non-hydrogen) atoms. The first-order chi connectivity index (χ1) is 8.99. The molecule has 8 heteroatoms. The van der Waals surface area contributed by atoms with Crippen LogP contribution in [-0.2, 0) is 4.79 Å². The number of rotatable bonds is 3. The molecule has 0 aliphatic heterocycles. The summed E-state index contributed by atoms with van der Waals surface area (Å²) in [4.78, 5) is 32.9. The van der Waals surface area contributed by atoms with Gasteiger partial charge in [-0.3, -0.25) is 0 Å². The molecule has 0 spiro atoms. The van der Waals surface area contributed by atoms with E-state index in [9.17, 15) is 18.8 Å². The highest BCUT2D eigenvalue weighted by Gasteiger charge is 2.11. The van der Waals surface area contributed by atoms with Crippen molar-refractivity contribution in [2.45, 2.75) is 0 Å². The molecule has 1 heterocycles. The van der Waals surface area contributed by atoms with Crippen molar-refractivity contribution in [1.29, 1.82) is 0 Å². The Morgan fingerprint density at radius 3 is 2.42 bits per heavy atom. The number of hydrogen-bond acceptors (Lipinski definition) is 3. The largest absolute Gasteiger partial charge is 0.478 e. The molecule has 0 radical (unpaired) electrons. The van der Waals surface area contributed by atoms with Crippen LogP contribution in [0.4, 0.5) is 4.39 Å². The number of benzene rings is 1. The standard InChI is InChI=1S/C11H8FN3O4/c12-7-5-6(2-4-9(16)17)1-3-8(7)15-10(18)13-14-11(15)19/h1-5H,(H,13,18)(H,14,19)(H,16,17)/b4-2+. The van der Waals surface area contributed by atoms with Crippen LogP contribution in [0.15, 0.2) is 33.9 Å². The number of halogens is 1. The van der Waals surface area contributed by atoms with Crippen molar-refractivity contribution in [3.05, 3.63) is 56.6 Å². The second-order valence-electron chi connectivity index (χ2n) is 3.58. The first kappa shape index (κ1) is 12.6. The van der Waals surface area contributed by atoms with Crippen LogP contribution >= 0.6 is 0 Å². The summed E-state index contributed by atoms with van der Waals surface area (Å²) in [7, 11) is 0. The SMILES string of the molecule is O=C(O)/C=C/c1ccc(-n2c(=O)[nH][nH]c2=O)c(F)c1. The van der Waals surface area contributed by atoms with Gasteiger partial charge in [-0.25, -0.2) is 33.5 Å². The van der Waals surface area contributed by atoms with Gasteiger partial charge in [-0.2, -0.15) is 0 Å².